The zero-order valence-corrected chi connectivity index (χ0v) is 10.3. The van der Waals surface area contributed by atoms with Gasteiger partial charge in [-0.1, -0.05) is 13.8 Å². The number of nitrogens with two attached hydrogens (primary N) is 1. The molecule has 0 spiro atoms. The molecule has 0 radical (unpaired) electrons. The van der Waals surface area contributed by atoms with Crippen LogP contribution in [-0.2, 0) is 11.3 Å². The van der Waals surface area contributed by atoms with E-state index in [1.807, 2.05) is 13.8 Å². The number of nitrogens with zero attached hydrogens (tertiary/aromatic N) is 2. The number of rotatable bonds is 5. The molecule has 17 heavy (non-hydrogen) atoms. The molecule has 0 aliphatic rings. The van der Waals surface area contributed by atoms with Crippen molar-refractivity contribution in [2.75, 3.05) is 7.11 Å². The lowest BCUT2D eigenvalue weighted by Crippen LogP contribution is -2.43. The van der Waals surface area contributed by atoms with E-state index in [9.17, 15) is 4.79 Å². The molecule has 0 aliphatic carbocycles. The van der Waals surface area contributed by atoms with Crippen LogP contribution in [0.5, 0.6) is 5.88 Å². The molecule has 1 aromatic rings. The summed E-state index contributed by atoms with van der Waals surface area (Å²) in [5, 5.41) is 2.71. The average Bonchev–Trinajstić information content (AvgIpc) is 2.35. The summed E-state index contributed by atoms with van der Waals surface area (Å²) in [7, 11) is 1.51. The Balaban J connectivity index is 2.58. The van der Waals surface area contributed by atoms with E-state index in [0.29, 0.717) is 11.6 Å². The lowest BCUT2D eigenvalue weighted by atomic mass is 10.1. The van der Waals surface area contributed by atoms with Crippen molar-refractivity contribution in [2.45, 2.75) is 26.4 Å². The number of hydrogen-bond donors (Lipinski definition) is 2. The van der Waals surface area contributed by atoms with E-state index in [1.165, 1.54) is 13.3 Å². The molecule has 1 amide bonds. The quantitative estimate of drug-likeness (QED) is 0.758. The minimum absolute atomic E-state index is 0.0961. The monoisotopic (exact) mass is 238 g/mol. The smallest absolute Gasteiger partial charge is 0.237 e. The first kappa shape index (κ1) is 13.4. The van der Waals surface area contributed by atoms with Crippen LogP contribution < -0.4 is 15.8 Å². The van der Waals surface area contributed by atoms with Gasteiger partial charge in [0.2, 0.25) is 11.8 Å². The van der Waals surface area contributed by atoms with E-state index in [-0.39, 0.29) is 18.4 Å². The standard InChI is InChI=1S/C11H18N4O2/c1-7(2)9(12)10(16)15-6-8-11(17-3)14-5-4-13-8/h4-5,7,9H,6,12H2,1-3H3,(H,15,16)/t9-/m0/s1. The van der Waals surface area contributed by atoms with E-state index >= 15 is 0 Å². The number of carbonyl (C=O) groups excluding carboxylic acids is 1. The molecule has 0 aliphatic heterocycles. The highest BCUT2D eigenvalue weighted by molar-refractivity contribution is 5.81. The summed E-state index contributed by atoms with van der Waals surface area (Å²) in [6.07, 6.45) is 3.08. The Morgan fingerprint density at radius 2 is 2.12 bits per heavy atom. The van der Waals surface area contributed by atoms with Crippen molar-refractivity contribution >= 4 is 5.91 Å². The molecule has 0 fully saturated rings. The predicted molar refractivity (Wildman–Crippen MR) is 63.2 cm³/mol. The van der Waals surface area contributed by atoms with Gasteiger partial charge in [-0.05, 0) is 5.92 Å². The van der Waals surface area contributed by atoms with Crippen LogP contribution >= 0.6 is 0 Å². The third-order valence-corrected chi connectivity index (χ3v) is 2.38. The first-order valence-electron chi connectivity index (χ1n) is 5.43. The molecule has 0 saturated heterocycles. The SMILES string of the molecule is COc1nccnc1CNC(=O)[C@@H](N)C(C)C. The van der Waals surface area contributed by atoms with E-state index in [0.717, 1.165) is 0 Å². The average molecular weight is 238 g/mol. The highest BCUT2D eigenvalue weighted by atomic mass is 16.5. The van der Waals surface area contributed by atoms with Crippen molar-refractivity contribution in [3.63, 3.8) is 0 Å². The summed E-state index contributed by atoms with van der Waals surface area (Å²) in [6.45, 7) is 4.05. The summed E-state index contributed by atoms with van der Waals surface area (Å²) in [6, 6.07) is -0.516. The second kappa shape index (κ2) is 6.15. The molecular weight excluding hydrogens is 220 g/mol. The van der Waals surface area contributed by atoms with Crippen LogP contribution in [0.3, 0.4) is 0 Å². The molecule has 6 nitrogen and oxygen atoms in total. The highest BCUT2D eigenvalue weighted by Gasteiger charge is 2.17. The number of hydrogen-bond acceptors (Lipinski definition) is 5. The number of aromatic nitrogens is 2. The largest absolute Gasteiger partial charge is 0.480 e. The van der Waals surface area contributed by atoms with Gasteiger partial charge in [0.1, 0.15) is 5.69 Å². The zero-order chi connectivity index (χ0) is 12.8. The van der Waals surface area contributed by atoms with Gasteiger partial charge in [0.15, 0.2) is 0 Å². The van der Waals surface area contributed by atoms with Crippen LogP contribution in [0.25, 0.3) is 0 Å². The van der Waals surface area contributed by atoms with Crippen LogP contribution in [0.1, 0.15) is 19.5 Å². The molecule has 3 N–H and O–H groups in total. The van der Waals surface area contributed by atoms with Gasteiger partial charge in [0.05, 0.1) is 19.7 Å². The fourth-order valence-electron chi connectivity index (χ4n) is 1.24. The molecule has 1 rings (SSSR count). The number of carbonyl (C=O) groups is 1. The number of ether oxygens (including phenoxy) is 1. The van der Waals surface area contributed by atoms with Crippen molar-refractivity contribution in [1.82, 2.24) is 15.3 Å². The summed E-state index contributed by atoms with van der Waals surface area (Å²) < 4.78 is 5.03. The maximum Gasteiger partial charge on any atom is 0.237 e. The molecule has 0 aromatic carbocycles. The maximum absolute atomic E-state index is 11.6. The molecular formula is C11H18N4O2. The maximum atomic E-state index is 11.6. The number of methoxy groups -OCH3 is 1. The van der Waals surface area contributed by atoms with Crippen molar-refractivity contribution in [2.24, 2.45) is 11.7 Å². The predicted octanol–water partition coefficient (Wildman–Crippen LogP) is 0.0847. The fourth-order valence-corrected chi connectivity index (χ4v) is 1.24. The summed E-state index contributed by atoms with van der Waals surface area (Å²) in [4.78, 5) is 19.7. The number of amides is 1. The first-order valence-corrected chi connectivity index (χ1v) is 5.43. The van der Waals surface area contributed by atoms with Gasteiger partial charge in [0, 0.05) is 12.4 Å². The summed E-state index contributed by atoms with van der Waals surface area (Å²) in [5.41, 5.74) is 6.30. The van der Waals surface area contributed by atoms with Gasteiger partial charge in [-0.2, -0.15) is 0 Å². The molecule has 1 atom stereocenters. The Labute approximate surface area is 101 Å². The molecule has 1 heterocycles. The van der Waals surface area contributed by atoms with E-state index in [1.54, 1.807) is 6.20 Å². The first-order chi connectivity index (χ1) is 8.06. The normalized spacial score (nSPS) is 12.3. The van der Waals surface area contributed by atoms with Gasteiger partial charge in [-0.15, -0.1) is 0 Å². The molecule has 94 valence electrons. The van der Waals surface area contributed by atoms with Gasteiger partial charge in [0.25, 0.3) is 0 Å². The second-order valence-corrected chi connectivity index (χ2v) is 4.00. The van der Waals surface area contributed by atoms with Gasteiger partial charge < -0.3 is 15.8 Å². The molecule has 1 aromatic heterocycles. The topological polar surface area (TPSA) is 90.1 Å². The van der Waals surface area contributed by atoms with Crippen molar-refractivity contribution in [1.29, 1.82) is 0 Å². The molecule has 6 heteroatoms. The Morgan fingerprint density at radius 1 is 1.47 bits per heavy atom. The lowest BCUT2D eigenvalue weighted by molar-refractivity contribution is -0.123. The minimum Gasteiger partial charge on any atom is -0.480 e. The third-order valence-electron chi connectivity index (χ3n) is 2.38. The molecule has 0 unspecified atom stereocenters. The van der Waals surface area contributed by atoms with E-state index in [4.69, 9.17) is 10.5 Å². The lowest BCUT2D eigenvalue weighted by Gasteiger charge is -2.15. The second-order valence-electron chi connectivity index (χ2n) is 4.00. The zero-order valence-electron chi connectivity index (χ0n) is 10.3. The van der Waals surface area contributed by atoms with Crippen LogP contribution in [0.15, 0.2) is 12.4 Å². The van der Waals surface area contributed by atoms with Crippen molar-refractivity contribution in [3.8, 4) is 5.88 Å². The Kier molecular flexibility index (Phi) is 4.84. The van der Waals surface area contributed by atoms with E-state index < -0.39 is 6.04 Å². The molecule has 0 saturated carbocycles. The fraction of sp³-hybridized carbons (Fsp3) is 0.545. The minimum atomic E-state index is -0.516. The third kappa shape index (κ3) is 3.67. The Hall–Kier alpha value is -1.69. The van der Waals surface area contributed by atoms with Crippen LogP contribution in [0.2, 0.25) is 0 Å². The van der Waals surface area contributed by atoms with Gasteiger partial charge in [-0.3, -0.25) is 9.78 Å². The Bertz CT molecular complexity index is 381. The van der Waals surface area contributed by atoms with Crippen molar-refractivity contribution in [3.05, 3.63) is 18.1 Å². The van der Waals surface area contributed by atoms with Crippen LogP contribution in [-0.4, -0.2) is 29.0 Å². The van der Waals surface area contributed by atoms with Crippen LogP contribution in [0.4, 0.5) is 0 Å². The molecule has 0 bridgehead atoms. The van der Waals surface area contributed by atoms with Gasteiger partial charge in [-0.25, -0.2) is 4.98 Å². The van der Waals surface area contributed by atoms with Gasteiger partial charge >= 0.3 is 0 Å². The highest BCUT2D eigenvalue weighted by Crippen LogP contribution is 2.09. The Morgan fingerprint density at radius 3 is 2.71 bits per heavy atom. The summed E-state index contributed by atoms with van der Waals surface area (Å²) >= 11 is 0. The van der Waals surface area contributed by atoms with Crippen LogP contribution in [0, 0.1) is 5.92 Å². The number of nitrogens with one attached hydrogen (secondary N) is 1. The summed E-state index contributed by atoms with van der Waals surface area (Å²) in [5.74, 6) is 0.303. The van der Waals surface area contributed by atoms with Crippen molar-refractivity contribution < 1.29 is 9.53 Å². The van der Waals surface area contributed by atoms with E-state index in [2.05, 4.69) is 15.3 Å².